The van der Waals surface area contributed by atoms with Crippen LogP contribution in [0.15, 0.2) is 36.4 Å². The van der Waals surface area contributed by atoms with Gasteiger partial charge in [0, 0.05) is 11.1 Å². The van der Waals surface area contributed by atoms with Gasteiger partial charge in [0.25, 0.3) is 0 Å². The van der Waals surface area contributed by atoms with Crippen LogP contribution in [0.5, 0.6) is 5.75 Å². The molecule has 1 atom stereocenters. The van der Waals surface area contributed by atoms with E-state index in [0.717, 1.165) is 18.0 Å². The SMILES string of the molecule is Cc1cc(C)cc(C2CNc3ccc(Cl)cc3O2)c1. The van der Waals surface area contributed by atoms with Crippen LogP contribution >= 0.6 is 11.6 Å². The third-order valence-corrected chi connectivity index (χ3v) is 3.54. The van der Waals surface area contributed by atoms with Gasteiger partial charge in [0.2, 0.25) is 0 Å². The van der Waals surface area contributed by atoms with Crippen molar-refractivity contribution in [3.8, 4) is 5.75 Å². The van der Waals surface area contributed by atoms with Crippen molar-refractivity contribution in [2.45, 2.75) is 20.0 Å². The third kappa shape index (κ3) is 2.54. The van der Waals surface area contributed by atoms with E-state index in [2.05, 4.69) is 37.4 Å². The zero-order valence-corrected chi connectivity index (χ0v) is 11.8. The molecule has 3 rings (SSSR count). The van der Waals surface area contributed by atoms with Gasteiger partial charge >= 0.3 is 0 Å². The van der Waals surface area contributed by atoms with E-state index in [9.17, 15) is 0 Å². The summed E-state index contributed by atoms with van der Waals surface area (Å²) < 4.78 is 6.06. The Hall–Kier alpha value is -1.67. The maximum Gasteiger partial charge on any atom is 0.144 e. The number of fused-ring (bicyclic) bond motifs is 1. The van der Waals surface area contributed by atoms with E-state index in [1.165, 1.54) is 16.7 Å². The van der Waals surface area contributed by atoms with E-state index in [1.807, 2.05) is 18.2 Å². The summed E-state index contributed by atoms with van der Waals surface area (Å²) in [4.78, 5) is 0. The summed E-state index contributed by atoms with van der Waals surface area (Å²) in [7, 11) is 0. The van der Waals surface area contributed by atoms with Crippen LogP contribution in [0.1, 0.15) is 22.8 Å². The first-order valence-corrected chi connectivity index (χ1v) is 6.78. The minimum atomic E-state index is 0.0320. The van der Waals surface area contributed by atoms with Crippen molar-refractivity contribution in [2.75, 3.05) is 11.9 Å². The van der Waals surface area contributed by atoms with Crippen molar-refractivity contribution in [2.24, 2.45) is 0 Å². The zero-order chi connectivity index (χ0) is 13.4. The quantitative estimate of drug-likeness (QED) is 0.826. The summed E-state index contributed by atoms with van der Waals surface area (Å²) in [6, 6.07) is 12.2. The molecule has 0 amide bonds. The smallest absolute Gasteiger partial charge is 0.144 e. The fourth-order valence-electron chi connectivity index (χ4n) is 2.52. The molecule has 0 aliphatic carbocycles. The van der Waals surface area contributed by atoms with Crippen molar-refractivity contribution in [3.05, 3.63) is 58.1 Å². The molecule has 2 nitrogen and oxygen atoms in total. The van der Waals surface area contributed by atoms with Crippen LogP contribution in [0.25, 0.3) is 0 Å². The lowest BCUT2D eigenvalue weighted by molar-refractivity contribution is 0.210. The minimum absolute atomic E-state index is 0.0320. The highest BCUT2D eigenvalue weighted by molar-refractivity contribution is 6.30. The highest BCUT2D eigenvalue weighted by Crippen LogP contribution is 2.36. The zero-order valence-electron chi connectivity index (χ0n) is 11.0. The van der Waals surface area contributed by atoms with Gasteiger partial charge in [-0.3, -0.25) is 0 Å². The van der Waals surface area contributed by atoms with Crippen molar-refractivity contribution >= 4 is 17.3 Å². The molecule has 0 spiro atoms. The number of aryl methyl sites for hydroxylation is 2. The summed E-state index contributed by atoms with van der Waals surface area (Å²) in [5.41, 5.74) is 4.73. The number of rotatable bonds is 1. The third-order valence-electron chi connectivity index (χ3n) is 3.31. The van der Waals surface area contributed by atoms with Crippen LogP contribution in [-0.2, 0) is 0 Å². The molecule has 1 aliphatic rings. The number of benzene rings is 2. The first-order valence-electron chi connectivity index (χ1n) is 6.40. The van der Waals surface area contributed by atoms with Crippen molar-refractivity contribution in [3.63, 3.8) is 0 Å². The van der Waals surface area contributed by atoms with Gasteiger partial charge in [-0.15, -0.1) is 0 Å². The first kappa shape index (κ1) is 12.4. The average molecular weight is 274 g/mol. The highest BCUT2D eigenvalue weighted by Gasteiger charge is 2.21. The Morgan fingerprint density at radius 1 is 1.11 bits per heavy atom. The molecule has 0 fully saturated rings. The molecule has 0 saturated heterocycles. The van der Waals surface area contributed by atoms with Gasteiger partial charge in [0.05, 0.1) is 12.2 Å². The lowest BCUT2D eigenvalue weighted by Crippen LogP contribution is -2.23. The minimum Gasteiger partial charge on any atom is -0.482 e. The number of nitrogens with one attached hydrogen (secondary N) is 1. The van der Waals surface area contributed by atoms with E-state index in [0.29, 0.717) is 5.02 Å². The average Bonchev–Trinajstić information content (AvgIpc) is 2.36. The largest absolute Gasteiger partial charge is 0.482 e. The predicted molar refractivity (Wildman–Crippen MR) is 79.2 cm³/mol. The molecule has 19 heavy (non-hydrogen) atoms. The number of ether oxygens (including phenoxy) is 1. The summed E-state index contributed by atoms with van der Waals surface area (Å²) >= 11 is 6.01. The maximum atomic E-state index is 6.06. The molecule has 2 aromatic rings. The van der Waals surface area contributed by atoms with Gasteiger partial charge in [0.15, 0.2) is 0 Å². The van der Waals surface area contributed by atoms with Crippen molar-refractivity contribution in [1.82, 2.24) is 0 Å². The van der Waals surface area contributed by atoms with Crippen LogP contribution in [0.4, 0.5) is 5.69 Å². The second kappa shape index (κ2) is 4.78. The molecule has 0 saturated carbocycles. The monoisotopic (exact) mass is 273 g/mol. The number of hydrogen-bond acceptors (Lipinski definition) is 2. The standard InChI is InChI=1S/C16H16ClNO/c1-10-5-11(2)7-12(6-10)16-9-18-14-4-3-13(17)8-15(14)19-16/h3-8,16,18H,9H2,1-2H3. The van der Waals surface area contributed by atoms with E-state index in [-0.39, 0.29) is 6.10 Å². The van der Waals surface area contributed by atoms with Gasteiger partial charge in [-0.05, 0) is 31.5 Å². The van der Waals surface area contributed by atoms with Crippen LogP contribution in [-0.4, -0.2) is 6.54 Å². The number of halogens is 1. The summed E-state index contributed by atoms with van der Waals surface area (Å²) in [5.74, 6) is 0.822. The van der Waals surface area contributed by atoms with Gasteiger partial charge in [0.1, 0.15) is 11.9 Å². The molecular formula is C16H16ClNO. The Morgan fingerprint density at radius 3 is 2.58 bits per heavy atom. The number of anilines is 1. The second-order valence-corrected chi connectivity index (χ2v) is 5.49. The van der Waals surface area contributed by atoms with Crippen LogP contribution < -0.4 is 10.1 Å². The fraction of sp³-hybridized carbons (Fsp3) is 0.250. The Labute approximate surface area is 118 Å². The lowest BCUT2D eigenvalue weighted by Gasteiger charge is -2.28. The molecule has 0 aromatic heterocycles. The Bertz CT molecular complexity index is 604. The molecule has 0 bridgehead atoms. The van der Waals surface area contributed by atoms with E-state index < -0.39 is 0 Å². The maximum absolute atomic E-state index is 6.06. The normalized spacial score (nSPS) is 17.3. The van der Waals surface area contributed by atoms with Crippen LogP contribution in [0.2, 0.25) is 5.02 Å². The molecule has 3 heteroatoms. The van der Waals surface area contributed by atoms with E-state index in [4.69, 9.17) is 16.3 Å². The fourth-order valence-corrected chi connectivity index (χ4v) is 2.68. The summed E-state index contributed by atoms with van der Waals surface area (Å²) in [5, 5.41) is 4.09. The van der Waals surface area contributed by atoms with Gasteiger partial charge < -0.3 is 10.1 Å². The van der Waals surface area contributed by atoms with Gasteiger partial charge in [-0.2, -0.15) is 0 Å². The second-order valence-electron chi connectivity index (χ2n) is 5.05. The topological polar surface area (TPSA) is 21.3 Å². The Balaban J connectivity index is 1.92. The molecular weight excluding hydrogens is 258 g/mol. The van der Waals surface area contributed by atoms with Gasteiger partial charge in [-0.25, -0.2) is 0 Å². The molecule has 2 aromatic carbocycles. The lowest BCUT2D eigenvalue weighted by atomic mass is 10.0. The summed E-state index contributed by atoms with van der Waals surface area (Å²) in [6.07, 6.45) is 0.0320. The van der Waals surface area contributed by atoms with E-state index in [1.54, 1.807) is 0 Å². The molecule has 0 radical (unpaired) electrons. The van der Waals surface area contributed by atoms with Gasteiger partial charge in [-0.1, -0.05) is 40.9 Å². The number of hydrogen-bond donors (Lipinski definition) is 1. The molecule has 98 valence electrons. The molecule has 1 heterocycles. The van der Waals surface area contributed by atoms with Crippen molar-refractivity contribution < 1.29 is 4.74 Å². The van der Waals surface area contributed by atoms with Crippen LogP contribution in [0.3, 0.4) is 0 Å². The molecule has 1 aliphatic heterocycles. The van der Waals surface area contributed by atoms with Crippen molar-refractivity contribution in [1.29, 1.82) is 0 Å². The molecule has 1 unspecified atom stereocenters. The molecule has 1 N–H and O–H groups in total. The predicted octanol–water partition coefficient (Wildman–Crippen LogP) is 4.50. The summed E-state index contributed by atoms with van der Waals surface area (Å²) in [6.45, 7) is 4.99. The Morgan fingerprint density at radius 2 is 1.84 bits per heavy atom. The first-order chi connectivity index (χ1) is 9.11. The van der Waals surface area contributed by atoms with E-state index >= 15 is 0 Å². The highest BCUT2D eigenvalue weighted by atomic mass is 35.5. The van der Waals surface area contributed by atoms with Crippen LogP contribution in [0, 0.1) is 13.8 Å². The Kier molecular flexibility index (Phi) is 3.11.